The molecule has 0 aliphatic carbocycles. The Morgan fingerprint density at radius 3 is 3.00 bits per heavy atom. The summed E-state index contributed by atoms with van der Waals surface area (Å²) in [5.74, 6) is 0.936. The lowest BCUT2D eigenvalue weighted by Gasteiger charge is -2.28. The number of methoxy groups -OCH3 is 1. The highest BCUT2D eigenvalue weighted by atomic mass is 16.5. The third kappa shape index (κ3) is 3.48. The van der Waals surface area contributed by atoms with E-state index in [0.29, 0.717) is 6.04 Å². The number of rotatable bonds is 6. The molecule has 1 aromatic rings. The molecular formula is C16H26N2O. The zero-order chi connectivity index (χ0) is 13.7. The van der Waals surface area contributed by atoms with Crippen LogP contribution < -0.4 is 10.1 Å². The number of hydrogen-bond donors (Lipinski definition) is 1. The van der Waals surface area contributed by atoms with Crippen LogP contribution in [0.4, 0.5) is 0 Å². The van der Waals surface area contributed by atoms with Crippen molar-refractivity contribution in [2.24, 2.45) is 0 Å². The summed E-state index contributed by atoms with van der Waals surface area (Å²) < 4.78 is 5.32. The van der Waals surface area contributed by atoms with E-state index in [-0.39, 0.29) is 0 Å². The first-order valence-electron chi connectivity index (χ1n) is 7.33. The Morgan fingerprint density at radius 2 is 2.32 bits per heavy atom. The lowest BCUT2D eigenvalue weighted by Crippen LogP contribution is -2.36. The minimum atomic E-state index is 0.377. The van der Waals surface area contributed by atoms with Crippen molar-refractivity contribution < 1.29 is 4.74 Å². The molecule has 0 spiro atoms. The summed E-state index contributed by atoms with van der Waals surface area (Å²) in [4.78, 5) is 2.63. The number of nitrogens with one attached hydrogen (secondary N) is 1. The molecule has 1 aromatic carbocycles. The van der Waals surface area contributed by atoms with E-state index < -0.39 is 0 Å². The molecule has 1 aliphatic heterocycles. The van der Waals surface area contributed by atoms with E-state index in [9.17, 15) is 0 Å². The Balaban J connectivity index is 2.06. The normalized spacial score (nSPS) is 21.5. The molecule has 0 radical (unpaired) electrons. The fourth-order valence-electron chi connectivity index (χ4n) is 3.05. The Bertz CT molecular complexity index is 394. The summed E-state index contributed by atoms with van der Waals surface area (Å²) >= 11 is 0. The zero-order valence-electron chi connectivity index (χ0n) is 12.4. The third-order valence-corrected chi connectivity index (χ3v) is 4.23. The predicted molar refractivity (Wildman–Crippen MR) is 79.7 cm³/mol. The summed E-state index contributed by atoms with van der Waals surface area (Å²) in [7, 11) is 3.77. The number of hydrogen-bond acceptors (Lipinski definition) is 3. The predicted octanol–water partition coefficient (Wildman–Crippen LogP) is 2.83. The van der Waals surface area contributed by atoms with Crippen molar-refractivity contribution >= 4 is 0 Å². The maximum Gasteiger partial charge on any atom is 0.119 e. The van der Waals surface area contributed by atoms with Gasteiger partial charge in [0.25, 0.3) is 0 Å². The maximum atomic E-state index is 5.32. The van der Waals surface area contributed by atoms with Gasteiger partial charge in [0.05, 0.1) is 7.11 Å². The molecule has 2 rings (SSSR count). The van der Waals surface area contributed by atoms with E-state index in [1.54, 1.807) is 7.11 Å². The van der Waals surface area contributed by atoms with Crippen LogP contribution in [0.25, 0.3) is 0 Å². The minimum Gasteiger partial charge on any atom is -0.497 e. The highest BCUT2D eigenvalue weighted by Gasteiger charge is 2.25. The number of ether oxygens (including phenoxy) is 1. The zero-order valence-corrected chi connectivity index (χ0v) is 12.4. The summed E-state index contributed by atoms with van der Waals surface area (Å²) in [5, 5.41) is 3.44. The molecule has 19 heavy (non-hydrogen) atoms. The summed E-state index contributed by atoms with van der Waals surface area (Å²) in [6.45, 7) is 4.62. The lowest BCUT2D eigenvalue weighted by atomic mass is 10.1. The van der Waals surface area contributed by atoms with Crippen LogP contribution in [0, 0.1) is 0 Å². The summed E-state index contributed by atoms with van der Waals surface area (Å²) in [6.07, 6.45) is 3.95. The van der Waals surface area contributed by atoms with Crippen LogP contribution in [0.2, 0.25) is 0 Å². The van der Waals surface area contributed by atoms with Crippen LogP contribution in [0.15, 0.2) is 24.3 Å². The molecule has 0 aromatic heterocycles. The van der Waals surface area contributed by atoms with Crippen LogP contribution in [-0.4, -0.2) is 38.2 Å². The van der Waals surface area contributed by atoms with Gasteiger partial charge in [-0.15, -0.1) is 0 Å². The molecule has 1 fully saturated rings. The van der Waals surface area contributed by atoms with Gasteiger partial charge in [-0.25, -0.2) is 0 Å². The van der Waals surface area contributed by atoms with Crippen LogP contribution in [0.3, 0.4) is 0 Å². The van der Waals surface area contributed by atoms with Crippen molar-refractivity contribution in [2.75, 3.05) is 27.2 Å². The standard InChI is InChI=1S/C16H26N2O/c1-4-14-8-6-10-18(14)12-16(17-2)13-7-5-9-15(11-13)19-3/h5,7,9,11,14,16-17H,4,6,8,10,12H2,1-3H3. The van der Waals surface area contributed by atoms with Gasteiger partial charge in [0.2, 0.25) is 0 Å². The lowest BCUT2D eigenvalue weighted by molar-refractivity contribution is 0.224. The van der Waals surface area contributed by atoms with Crippen molar-refractivity contribution in [2.45, 2.75) is 38.3 Å². The topological polar surface area (TPSA) is 24.5 Å². The third-order valence-electron chi connectivity index (χ3n) is 4.23. The monoisotopic (exact) mass is 262 g/mol. The second-order valence-electron chi connectivity index (χ2n) is 5.32. The number of likely N-dealkylation sites (N-methyl/N-ethyl adjacent to an activating group) is 1. The SMILES string of the molecule is CCC1CCCN1CC(NC)c1cccc(OC)c1. The van der Waals surface area contributed by atoms with Crippen molar-refractivity contribution in [3.8, 4) is 5.75 Å². The number of likely N-dealkylation sites (tertiary alicyclic amines) is 1. The summed E-state index contributed by atoms with van der Waals surface area (Å²) in [5.41, 5.74) is 1.31. The van der Waals surface area contributed by atoms with Gasteiger partial charge in [-0.05, 0) is 50.6 Å². The van der Waals surface area contributed by atoms with E-state index in [1.165, 1.54) is 31.4 Å². The molecule has 2 unspecified atom stereocenters. The van der Waals surface area contributed by atoms with E-state index in [1.807, 2.05) is 13.1 Å². The second kappa shape index (κ2) is 6.92. The van der Waals surface area contributed by atoms with Gasteiger partial charge in [-0.3, -0.25) is 4.90 Å². The highest BCUT2D eigenvalue weighted by Crippen LogP contribution is 2.25. The number of benzene rings is 1. The molecule has 0 amide bonds. The Morgan fingerprint density at radius 1 is 1.47 bits per heavy atom. The Hall–Kier alpha value is -1.06. The molecule has 2 atom stereocenters. The van der Waals surface area contributed by atoms with Gasteiger partial charge in [0.1, 0.15) is 5.75 Å². The van der Waals surface area contributed by atoms with Crippen LogP contribution in [-0.2, 0) is 0 Å². The fourth-order valence-corrected chi connectivity index (χ4v) is 3.05. The van der Waals surface area contributed by atoms with Crippen molar-refractivity contribution in [1.82, 2.24) is 10.2 Å². The average Bonchev–Trinajstić information content (AvgIpc) is 2.92. The molecular weight excluding hydrogens is 236 g/mol. The molecule has 0 saturated carbocycles. The van der Waals surface area contributed by atoms with Crippen molar-refractivity contribution in [3.63, 3.8) is 0 Å². The molecule has 106 valence electrons. The fraction of sp³-hybridized carbons (Fsp3) is 0.625. The highest BCUT2D eigenvalue weighted by molar-refractivity contribution is 5.30. The van der Waals surface area contributed by atoms with E-state index in [0.717, 1.165) is 18.3 Å². The molecule has 3 heteroatoms. The average molecular weight is 262 g/mol. The molecule has 1 aliphatic rings. The number of nitrogens with zero attached hydrogens (tertiary/aromatic N) is 1. The largest absolute Gasteiger partial charge is 0.497 e. The molecule has 1 saturated heterocycles. The van der Waals surface area contributed by atoms with Gasteiger partial charge in [0.15, 0.2) is 0 Å². The molecule has 3 nitrogen and oxygen atoms in total. The van der Waals surface area contributed by atoms with Crippen LogP contribution >= 0.6 is 0 Å². The van der Waals surface area contributed by atoms with Gasteiger partial charge in [-0.1, -0.05) is 19.1 Å². The molecule has 1 N–H and O–H groups in total. The van der Waals surface area contributed by atoms with Crippen LogP contribution in [0.5, 0.6) is 5.75 Å². The quantitative estimate of drug-likeness (QED) is 0.853. The first-order valence-corrected chi connectivity index (χ1v) is 7.33. The van der Waals surface area contributed by atoms with Gasteiger partial charge in [0, 0.05) is 18.6 Å². The second-order valence-corrected chi connectivity index (χ2v) is 5.32. The van der Waals surface area contributed by atoms with Crippen molar-refractivity contribution in [1.29, 1.82) is 0 Å². The Kier molecular flexibility index (Phi) is 5.23. The van der Waals surface area contributed by atoms with Crippen molar-refractivity contribution in [3.05, 3.63) is 29.8 Å². The van der Waals surface area contributed by atoms with E-state index in [2.05, 4.69) is 35.3 Å². The van der Waals surface area contributed by atoms with E-state index in [4.69, 9.17) is 4.74 Å². The smallest absolute Gasteiger partial charge is 0.119 e. The molecule has 1 heterocycles. The van der Waals surface area contributed by atoms with Gasteiger partial charge in [-0.2, -0.15) is 0 Å². The van der Waals surface area contributed by atoms with Crippen LogP contribution in [0.1, 0.15) is 37.8 Å². The van der Waals surface area contributed by atoms with E-state index >= 15 is 0 Å². The molecule has 0 bridgehead atoms. The first kappa shape index (κ1) is 14.4. The summed E-state index contributed by atoms with van der Waals surface area (Å²) in [6, 6.07) is 9.53. The van der Waals surface area contributed by atoms with Gasteiger partial charge >= 0.3 is 0 Å². The van der Waals surface area contributed by atoms with Gasteiger partial charge < -0.3 is 10.1 Å². The maximum absolute atomic E-state index is 5.32. The Labute approximate surface area is 116 Å². The minimum absolute atomic E-state index is 0.377. The first-order chi connectivity index (χ1) is 9.28.